The lowest BCUT2D eigenvalue weighted by Gasteiger charge is -2.23. The standard InChI is InChI=1S/C30H31N3.C26H20F3N3.C20H14F3N3.C20H17N3/c1-29(2,3)18-21-12-9-11-19-14-15-24-27(31-33-32-28(24)26(19)21)22-16-20-10-7-8-13-23(20)25(17-22)30(4,5)6;1-25(2,3)21-14-17(13-16-7-4-5-9-18(16)21)23-19-12-11-15-8-6-10-20(26(27,28)29)22(15)24(19)31-32-30-23;1-11-8-12(2)10-14(9-11)18-15-7-6-13-4-3-5-16(20(21,22)23)17(13)19(15)25-26-24-18;1-12-9-13(2)11-16(10-12)19-17-8-7-15-6-4-5-14(3)18(15)20(17)22-23-21-19/h7-17H,18H2,1-6H3;4-14H,1-3H3;3-10H,1-2H3;4-11H,1-3H3. The van der Waals surface area contributed by atoms with Crippen LogP contribution in [0.25, 0.3) is 153 Å². The van der Waals surface area contributed by atoms with Crippen LogP contribution in [0.15, 0.2) is 231 Å². The molecule has 0 unspecified atom stereocenters. The molecule has 4 heterocycles. The van der Waals surface area contributed by atoms with Crippen LogP contribution in [0.3, 0.4) is 0 Å². The Morgan fingerprint density at radius 3 is 0.921 bits per heavy atom. The van der Waals surface area contributed by atoms with Gasteiger partial charge >= 0.3 is 12.4 Å². The molecule has 0 radical (unpaired) electrons. The van der Waals surface area contributed by atoms with E-state index in [1.54, 1.807) is 36.4 Å². The molecule has 14 aromatic carbocycles. The van der Waals surface area contributed by atoms with Gasteiger partial charge < -0.3 is 0 Å². The molecule has 0 aliphatic rings. The summed E-state index contributed by atoms with van der Waals surface area (Å²) < 4.78 is 81.8. The van der Waals surface area contributed by atoms with Gasteiger partial charge in [-0.3, -0.25) is 0 Å². The predicted molar refractivity (Wildman–Crippen MR) is 450 cm³/mol. The average Bonchev–Trinajstić information content (AvgIpc) is 0.756. The number of halogens is 6. The van der Waals surface area contributed by atoms with Crippen LogP contribution >= 0.6 is 0 Å². The predicted octanol–water partition coefficient (Wildman–Crippen LogP) is 25.4. The summed E-state index contributed by atoms with van der Waals surface area (Å²) in [4.78, 5) is 0. The van der Waals surface area contributed by atoms with Gasteiger partial charge in [-0.15, -0.1) is 40.8 Å². The number of aryl methyl sites for hydroxylation is 5. The van der Waals surface area contributed by atoms with E-state index in [4.69, 9.17) is 0 Å². The number of aromatic nitrogens is 12. The molecule has 18 aromatic rings. The van der Waals surface area contributed by atoms with E-state index in [0.29, 0.717) is 32.9 Å². The normalized spacial score (nSPS) is 12.2. The van der Waals surface area contributed by atoms with Gasteiger partial charge in [-0.25, -0.2) is 0 Å². The number of rotatable bonds is 5. The Bertz CT molecular complexity index is 6800. The van der Waals surface area contributed by atoms with Crippen LogP contribution in [0.5, 0.6) is 0 Å². The second-order valence-electron chi connectivity index (χ2n) is 32.9. The van der Waals surface area contributed by atoms with Crippen molar-refractivity contribution in [1.82, 2.24) is 61.6 Å². The molecule has 0 aliphatic carbocycles. The fourth-order valence-electron chi connectivity index (χ4n) is 15.9. The van der Waals surface area contributed by atoms with Crippen molar-refractivity contribution in [2.24, 2.45) is 5.41 Å². The third kappa shape index (κ3) is 15.3. The molecule has 0 fully saturated rings. The highest BCUT2D eigenvalue weighted by Crippen LogP contribution is 2.45. The maximum absolute atomic E-state index is 13.8. The minimum atomic E-state index is -4.50. The summed E-state index contributed by atoms with van der Waals surface area (Å²) in [6.07, 6.45) is -7.99. The number of nitrogens with zero attached hydrogens (tertiary/aromatic N) is 12. The van der Waals surface area contributed by atoms with Gasteiger partial charge in [0.2, 0.25) is 0 Å². The Morgan fingerprint density at radius 2 is 0.561 bits per heavy atom. The molecule has 4 aromatic heterocycles. The van der Waals surface area contributed by atoms with E-state index in [-0.39, 0.29) is 38.1 Å². The van der Waals surface area contributed by atoms with Crippen LogP contribution in [-0.4, -0.2) is 61.6 Å². The van der Waals surface area contributed by atoms with Gasteiger partial charge in [-0.1, -0.05) is 230 Å². The van der Waals surface area contributed by atoms with E-state index in [1.165, 1.54) is 66.9 Å². The molecule has 18 rings (SSSR count). The zero-order chi connectivity index (χ0) is 80.5. The molecule has 18 heteroatoms. The van der Waals surface area contributed by atoms with Gasteiger partial charge in [0, 0.05) is 65.3 Å². The van der Waals surface area contributed by atoms with Crippen molar-refractivity contribution in [3.63, 3.8) is 0 Å². The molecule has 0 amide bonds. The first kappa shape index (κ1) is 76.7. The summed E-state index contributed by atoms with van der Waals surface area (Å²) in [7, 11) is 0. The van der Waals surface area contributed by atoms with Gasteiger partial charge in [0.05, 0.1) is 11.1 Å². The van der Waals surface area contributed by atoms with Crippen molar-refractivity contribution in [1.29, 1.82) is 0 Å². The van der Waals surface area contributed by atoms with Crippen LogP contribution in [0, 0.1) is 40.0 Å². The number of hydrogen-bond donors (Lipinski definition) is 0. The second-order valence-corrected chi connectivity index (χ2v) is 32.9. The molecule has 0 saturated carbocycles. The lowest BCUT2D eigenvalue weighted by molar-refractivity contribution is -0.137. The van der Waals surface area contributed by atoms with Gasteiger partial charge in [-0.05, 0) is 228 Å². The number of fused-ring (bicyclic) bond motifs is 14. The zero-order valence-electron chi connectivity index (χ0n) is 65.8. The SMILES string of the molecule is CC(C)(C)Cc1cccc2ccc3c(-c4cc(C(C)(C)C)c5ccccc5c4)nnnc3c12.CC(C)(C)c1cc(-c2nnnc3c2ccc2cccc(C(F)(F)F)c23)cc2ccccc12.Cc1cc(C)cc(-c2nnnc3c2ccc2cccc(C(F)(F)F)c23)c1.Cc1cc(C)cc(-c2nnnc3c2ccc2cccc(C)c23)c1. The molecule has 0 bridgehead atoms. The Morgan fingerprint density at radius 1 is 0.254 bits per heavy atom. The highest BCUT2D eigenvalue weighted by atomic mass is 19.4. The lowest BCUT2D eigenvalue weighted by Crippen LogP contribution is -2.12. The van der Waals surface area contributed by atoms with Crippen LogP contribution in [0.1, 0.15) is 118 Å². The molecule has 0 atom stereocenters. The van der Waals surface area contributed by atoms with Crippen LogP contribution < -0.4 is 0 Å². The van der Waals surface area contributed by atoms with Crippen molar-refractivity contribution in [2.45, 2.75) is 127 Å². The van der Waals surface area contributed by atoms with Crippen molar-refractivity contribution >= 4 is 108 Å². The Hall–Kier alpha value is -12.7. The number of hydrogen-bond acceptors (Lipinski definition) is 12. The third-order valence-corrected chi connectivity index (χ3v) is 20.8. The topological polar surface area (TPSA) is 155 Å². The molecular weight excluding hydrogens is 1440 g/mol. The van der Waals surface area contributed by atoms with Crippen molar-refractivity contribution in [3.05, 3.63) is 286 Å². The van der Waals surface area contributed by atoms with Crippen LogP contribution in [0.2, 0.25) is 0 Å². The van der Waals surface area contributed by atoms with E-state index >= 15 is 0 Å². The molecule has 0 N–H and O–H groups in total. The highest BCUT2D eigenvalue weighted by molar-refractivity contribution is 6.14. The maximum Gasteiger partial charge on any atom is 0.417 e. The Balaban J connectivity index is 0.000000121. The smallest absolute Gasteiger partial charge is 0.166 e. The van der Waals surface area contributed by atoms with E-state index < -0.39 is 23.5 Å². The lowest BCUT2D eigenvalue weighted by atomic mass is 9.82. The minimum absolute atomic E-state index is 0.0124. The maximum atomic E-state index is 13.8. The van der Waals surface area contributed by atoms with E-state index in [9.17, 15) is 26.3 Å². The van der Waals surface area contributed by atoms with Gasteiger partial charge in [-0.2, -0.15) is 26.3 Å². The summed E-state index contributed by atoms with van der Waals surface area (Å²) in [5.41, 5.74) is 17.0. The molecule has 0 saturated heterocycles. The Kier molecular flexibility index (Phi) is 20.0. The van der Waals surface area contributed by atoms with Gasteiger partial charge in [0.15, 0.2) is 0 Å². The third-order valence-electron chi connectivity index (χ3n) is 20.8. The summed E-state index contributed by atoms with van der Waals surface area (Å²) in [6.45, 7) is 30.3. The molecule has 0 aliphatic heterocycles. The first-order chi connectivity index (χ1) is 54.2. The monoisotopic (exact) mass is 1520 g/mol. The molecule has 568 valence electrons. The fraction of sp³-hybridized carbons (Fsp3) is 0.208. The molecule has 12 nitrogen and oxygen atoms in total. The van der Waals surface area contributed by atoms with Crippen LogP contribution in [0.4, 0.5) is 26.3 Å². The van der Waals surface area contributed by atoms with Crippen molar-refractivity contribution in [2.75, 3.05) is 0 Å². The van der Waals surface area contributed by atoms with Gasteiger partial charge in [0.1, 0.15) is 44.8 Å². The summed E-state index contributed by atoms with van der Waals surface area (Å²) in [5, 5.41) is 63.7. The zero-order valence-corrected chi connectivity index (χ0v) is 65.8. The summed E-state index contributed by atoms with van der Waals surface area (Å²) in [5.74, 6) is 0. The number of alkyl halides is 6. The average molecular weight is 1520 g/mol. The Labute approximate surface area is 655 Å². The first-order valence-electron chi connectivity index (χ1n) is 37.8. The quantitative estimate of drug-likeness (QED) is 0.119. The van der Waals surface area contributed by atoms with E-state index in [2.05, 4.69) is 272 Å². The van der Waals surface area contributed by atoms with Gasteiger partial charge in [0.25, 0.3) is 0 Å². The van der Waals surface area contributed by atoms with Crippen molar-refractivity contribution < 1.29 is 26.3 Å². The fourth-order valence-corrected chi connectivity index (χ4v) is 15.9. The molecular formula is C96H82F6N12. The molecule has 114 heavy (non-hydrogen) atoms. The summed E-state index contributed by atoms with van der Waals surface area (Å²) in [6, 6.07) is 74.2. The van der Waals surface area contributed by atoms with Crippen LogP contribution in [-0.2, 0) is 29.6 Å². The minimum Gasteiger partial charge on any atom is -0.166 e. The molecule has 0 spiro atoms. The number of benzene rings is 14. The van der Waals surface area contributed by atoms with E-state index in [0.717, 1.165) is 107 Å². The largest absolute Gasteiger partial charge is 0.417 e. The second kappa shape index (κ2) is 29.8. The van der Waals surface area contributed by atoms with Crippen molar-refractivity contribution in [3.8, 4) is 45.0 Å². The van der Waals surface area contributed by atoms with E-state index in [1.807, 2.05) is 56.3 Å². The highest BCUT2D eigenvalue weighted by Gasteiger charge is 2.35. The first-order valence-corrected chi connectivity index (χ1v) is 37.8. The summed E-state index contributed by atoms with van der Waals surface area (Å²) >= 11 is 0.